The molecule has 102 valence electrons. The summed E-state index contributed by atoms with van der Waals surface area (Å²) >= 11 is 1.64. The molecule has 2 aromatic heterocycles. The topological polar surface area (TPSA) is 55.6 Å². The summed E-state index contributed by atoms with van der Waals surface area (Å²) in [6.45, 7) is 7.05. The van der Waals surface area contributed by atoms with E-state index in [4.69, 9.17) is 0 Å². The molecule has 0 saturated heterocycles. The molecule has 0 aliphatic heterocycles. The van der Waals surface area contributed by atoms with Crippen LogP contribution in [0.15, 0.2) is 22.4 Å². The van der Waals surface area contributed by atoms with Crippen LogP contribution in [-0.4, -0.2) is 26.3 Å². The van der Waals surface area contributed by atoms with Gasteiger partial charge in [-0.25, -0.2) is 9.97 Å². The van der Waals surface area contributed by atoms with E-state index in [2.05, 4.69) is 40.3 Å². The number of nitrogens with zero attached hydrogens (tertiary/aromatic N) is 4. The number of anilines is 1. The molecule has 2 rings (SSSR count). The number of aryl methyl sites for hydroxylation is 2. The van der Waals surface area contributed by atoms with Crippen molar-refractivity contribution in [2.24, 2.45) is 7.05 Å². The van der Waals surface area contributed by atoms with E-state index in [1.165, 1.54) is 0 Å². The predicted octanol–water partition coefficient (Wildman–Crippen LogP) is 2.66. The number of aromatic nitrogens is 4. The first-order chi connectivity index (χ1) is 9.15. The Bertz CT molecular complexity index is 564. The van der Waals surface area contributed by atoms with Crippen LogP contribution in [0.1, 0.15) is 25.1 Å². The zero-order valence-corrected chi connectivity index (χ0v) is 12.6. The van der Waals surface area contributed by atoms with Crippen molar-refractivity contribution in [1.82, 2.24) is 19.7 Å². The Balaban J connectivity index is 2.34. The monoisotopic (exact) mass is 277 g/mol. The van der Waals surface area contributed by atoms with E-state index in [0.29, 0.717) is 0 Å². The van der Waals surface area contributed by atoms with Crippen molar-refractivity contribution in [3.8, 4) is 0 Å². The van der Waals surface area contributed by atoms with E-state index in [1.54, 1.807) is 18.1 Å². The van der Waals surface area contributed by atoms with E-state index in [0.717, 1.165) is 40.1 Å². The molecule has 0 aliphatic carbocycles. The summed E-state index contributed by atoms with van der Waals surface area (Å²) in [7, 11) is 1.95. The summed E-state index contributed by atoms with van der Waals surface area (Å²) < 4.78 is 1.88. The van der Waals surface area contributed by atoms with Gasteiger partial charge in [0.1, 0.15) is 22.2 Å². The number of hydrogen-bond donors (Lipinski definition) is 1. The zero-order valence-electron chi connectivity index (χ0n) is 11.8. The molecule has 2 heterocycles. The molecule has 2 aromatic rings. The largest absolute Gasteiger partial charge is 0.370 e. The first-order valence-electron chi connectivity index (χ1n) is 6.41. The highest BCUT2D eigenvalue weighted by Crippen LogP contribution is 2.31. The van der Waals surface area contributed by atoms with Gasteiger partial charge >= 0.3 is 0 Å². The fraction of sp³-hybridized carbons (Fsp3) is 0.462. The van der Waals surface area contributed by atoms with Crippen molar-refractivity contribution in [3.05, 3.63) is 23.7 Å². The smallest absolute Gasteiger partial charge is 0.133 e. The van der Waals surface area contributed by atoms with Gasteiger partial charge in [-0.2, -0.15) is 5.10 Å². The molecule has 5 nitrogen and oxygen atoms in total. The predicted molar refractivity (Wildman–Crippen MR) is 77.6 cm³/mol. The van der Waals surface area contributed by atoms with Crippen molar-refractivity contribution in [3.63, 3.8) is 0 Å². The van der Waals surface area contributed by atoms with E-state index in [1.807, 2.05) is 18.7 Å². The lowest BCUT2D eigenvalue weighted by atomic mass is 10.2. The first kappa shape index (κ1) is 13.9. The maximum Gasteiger partial charge on any atom is 0.133 e. The summed E-state index contributed by atoms with van der Waals surface area (Å²) in [5.74, 6) is 0.932. The van der Waals surface area contributed by atoms with Gasteiger partial charge in [0.2, 0.25) is 0 Å². The van der Waals surface area contributed by atoms with Gasteiger partial charge in [0.05, 0.1) is 5.69 Å². The molecule has 0 amide bonds. The van der Waals surface area contributed by atoms with Crippen LogP contribution in [0, 0.1) is 6.92 Å². The average Bonchev–Trinajstić information content (AvgIpc) is 2.69. The van der Waals surface area contributed by atoms with Gasteiger partial charge in [0.15, 0.2) is 0 Å². The lowest BCUT2D eigenvalue weighted by Gasteiger charge is -2.11. The molecule has 1 N–H and O–H groups in total. The number of rotatable bonds is 5. The highest BCUT2D eigenvalue weighted by Gasteiger charge is 2.12. The Labute approximate surface area is 117 Å². The Kier molecular flexibility index (Phi) is 4.42. The van der Waals surface area contributed by atoms with Gasteiger partial charge in [-0.15, -0.1) is 0 Å². The van der Waals surface area contributed by atoms with E-state index in [9.17, 15) is 0 Å². The van der Waals surface area contributed by atoms with Crippen molar-refractivity contribution in [2.45, 2.75) is 37.2 Å². The molecule has 0 atom stereocenters. The van der Waals surface area contributed by atoms with Crippen LogP contribution in [0.25, 0.3) is 0 Å². The summed E-state index contributed by atoms with van der Waals surface area (Å²) in [6, 6.07) is 2.07. The molecule has 19 heavy (non-hydrogen) atoms. The van der Waals surface area contributed by atoms with Gasteiger partial charge < -0.3 is 5.32 Å². The van der Waals surface area contributed by atoms with Gasteiger partial charge in [-0.3, -0.25) is 4.68 Å². The zero-order chi connectivity index (χ0) is 13.8. The third-order valence-corrected chi connectivity index (χ3v) is 3.90. The maximum absolute atomic E-state index is 4.41. The number of hydrogen-bond acceptors (Lipinski definition) is 5. The van der Waals surface area contributed by atoms with Gasteiger partial charge in [0.25, 0.3) is 0 Å². The van der Waals surface area contributed by atoms with Gasteiger partial charge in [-0.05, 0) is 38.1 Å². The second kappa shape index (κ2) is 6.06. The third kappa shape index (κ3) is 3.07. The fourth-order valence-electron chi connectivity index (χ4n) is 1.90. The second-order valence-corrected chi connectivity index (χ2v) is 5.25. The lowest BCUT2D eigenvalue weighted by molar-refractivity contribution is 0.691. The summed E-state index contributed by atoms with van der Waals surface area (Å²) in [4.78, 5) is 8.72. The van der Waals surface area contributed by atoms with Crippen LogP contribution >= 0.6 is 11.8 Å². The van der Waals surface area contributed by atoms with E-state index < -0.39 is 0 Å². The van der Waals surface area contributed by atoms with E-state index >= 15 is 0 Å². The normalized spacial score (nSPS) is 10.7. The molecule has 0 bridgehead atoms. The highest BCUT2D eigenvalue weighted by atomic mass is 32.2. The van der Waals surface area contributed by atoms with Crippen LogP contribution in [0.3, 0.4) is 0 Å². The van der Waals surface area contributed by atoms with Crippen LogP contribution in [-0.2, 0) is 13.5 Å². The fourth-order valence-corrected chi connectivity index (χ4v) is 2.97. The van der Waals surface area contributed by atoms with Crippen LogP contribution in [0.5, 0.6) is 0 Å². The van der Waals surface area contributed by atoms with Crippen molar-refractivity contribution >= 4 is 17.6 Å². The Morgan fingerprint density at radius 2 is 2.11 bits per heavy atom. The summed E-state index contributed by atoms with van der Waals surface area (Å²) in [6.07, 6.45) is 2.52. The molecular weight excluding hydrogens is 258 g/mol. The molecule has 6 heteroatoms. The standard InChI is InChI=1S/C13H19N5S/c1-5-10-12(14-6-2)15-8-16-13(10)19-11-7-9(3)17-18(11)4/h7-8H,5-6H2,1-4H3,(H,14,15,16). The molecule has 0 spiro atoms. The van der Waals surface area contributed by atoms with Gasteiger partial charge in [-0.1, -0.05) is 6.92 Å². The maximum atomic E-state index is 4.41. The van der Waals surface area contributed by atoms with Gasteiger partial charge in [0, 0.05) is 19.2 Å². The van der Waals surface area contributed by atoms with Crippen molar-refractivity contribution < 1.29 is 0 Å². The SMILES string of the molecule is CCNc1ncnc(Sc2cc(C)nn2C)c1CC. The molecule has 0 unspecified atom stereocenters. The Hall–Kier alpha value is -1.56. The summed E-state index contributed by atoms with van der Waals surface area (Å²) in [5, 5.41) is 9.73. The second-order valence-electron chi connectivity index (χ2n) is 4.24. The first-order valence-corrected chi connectivity index (χ1v) is 7.23. The quantitative estimate of drug-likeness (QED) is 0.852. The molecular formula is C13H19N5S. The van der Waals surface area contributed by atoms with E-state index in [-0.39, 0.29) is 0 Å². The molecule has 0 aliphatic rings. The molecule has 0 saturated carbocycles. The Morgan fingerprint density at radius 1 is 1.32 bits per heavy atom. The molecule has 0 radical (unpaired) electrons. The highest BCUT2D eigenvalue weighted by molar-refractivity contribution is 7.99. The van der Waals surface area contributed by atoms with Crippen molar-refractivity contribution in [2.75, 3.05) is 11.9 Å². The van der Waals surface area contributed by atoms with Crippen LogP contribution < -0.4 is 5.32 Å². The van der Waals surface area contributed by atoms with Crippen LogP contribution in [0.2, 0.25) is 0 Å². The molecule has 0 aromatic carbocycles. The Morgan fingerprint density at radius 3 is 2.68 bits per heavy atom. The minimum absolute atomic E-state index is 0.860. The summed E-state index contributed by atoms with van der Waals surface area (Å²) in [5.41, 5.74) is 2.18. The minimum atomic E-state index is 0.860. The van der Waals surface area contributed by atoms with Crippen LogP contribution in [0.4, 0.5) is 5.82 Å². The molecule has 0 fully saturated rings. The average molecular weight is 277 g/mol. The number of nitrogens with one attached hydrogen (secondary N) is 1. The lowest BCUT2D eigenvalue weighted by Crippen LogP contribution is -2.05. The third-order valence-electron chi connectivity index (χ3n) is 2.76. The minimum Gasteiger partial charge on any atom is -0.370 e. The van der Waals surface area contributed by atoms with Crippen molar-refractivity contribution in [1.29, 1.82) is 0 Å².